The standard InChI is InChI=1S/C26H39NO6S/c1-14-8-7-9-19-21(32-19)11-20(15(2)10-18-13-34-17(4)27-18)33-23(29)12-22(28)26(5,6)25(31)16(3)24(14)30/h10,13-14,16,19-22,24,28,30H,7-9,11-12H2,1-6H3/b15-10+/t14-,16+,19+,20-,21?,22-,24-/m0/s1. The normalized spacial score (nSPS) is 36.0. The van der Waals surface area contributed by atoms with E-state index in [1.54, 1.807) is 32.1 Å². The lowest BCUT2D eigenvalue weighted by Gasteiger charge is -2.34. The molecule has 0 saturated carbocycles. The van der Waals surface area contributed by atoms with E-state index >= 15 is 0 Å². The number of aryl methyl sites for hydroxylation is 1. The second kappa shape index (κ2) is 11.0. The molecule has 3 rings (SSSR count). The van der Waals surface area contributed by atoms with E-state index in [2.05, 4.69) is 4.98 Å². The van der Waals surface area contributed by atoms with E-state index in [1.165, 1.54) is 0 Å². The van der Waals surface area contributed by atoms with Crippen LogP contribution in [-0.4, -0.2) is 57.5 Å². The average molecular weight is 494 g/mol. The van der Waals surface area contributed by atoms with Gasteiger partial charge in [0, 0.05) is 17.7 Å². The van der Waals surface area contributed by atoms with Gasteiger partial charge in [0.25, 0.3) is 0 Å². The van der Waals surface area contributed by atoms with E-state index in [1.807, 2.05) is 32.2 Å². The van der Waals surface area contributed by atoms with Crippen molar-refractivity contribution in [2.45, 2.75) is 104 Å². The van der Waals surface area contributed by atoms with Crippen molar-refractivity contribution < 1.29 is 29.3 Å². The largest absolute Gasteiger partial charge is 0.458 e. The summed E-state index contributed by atoms with van der Waals surface area (Å²) < 4.78 is 11.7. The van der Waals surface area contributed by atoms with Gasteiger partial charge in [0.05, 0.1) is 47.0 Å². The molecule has 1 unspecified atom stereocenters. The number of rotatable bonds is 2. The quantitative estimate of drug-likeness (QED) is 0.472. The minimum absolute atomic E-state index is 0.00770. The number of fused-ring (bicyclic) bond motifs is 1. The number of nitrogens with zero attached hydrogens (tertiary/aromatic N) is 1. The van der Waals surface area contributed by atoms with Crippen LogP contribution in [0, 0.1) is 24.2 Å². The summed E-state index contributed by atoms with van der Waals surface area (Å²) in [7, 11) is 0. The van der Waals surface area contributed by atoms with Gasteiger partial charge < -0.3 is 19.7 Å². The molecule has 2 aliphatic heterocycles. The molecule has 7 nitrogen and oxygen atoms in total. The molecular formula is C26H39NO6S. The fourth-order valence-electron chi connectivity index (χ4n) is 4.78. The predicted molar refractivity (Wildman–Crippen MR) is 131 cm³/mol. The maximum atomic E-state index is 13.2. The number of Topliss-reactive ketones (excluding diaryl/α,β-unsaturated/α-hetero) is 1. The number of epoxide rings is 1. The third kappa shape index (κ3) is 6.53. The van der Waals surface area contributed by atoms with Gasteiger partial charge in [-0.3, -0.25) is 9.59 Å². The third-order valence-corrected chi connectivity index (χ3v) is 8.20. The third-order valence-electron chi connectivity index (χ3n) is 7.41. The monoisotopic (exact) mass is 493 g/mol. The molecule has 3 heterocycles. The van der Waals surface area contributed by atoms with Gasteiger partial charge in [-0.05, 0) is 44.3 Å². The van der Waals surface area contributed by atoms with Crippen molar-refractivity contribution in [1.82, 2.24) is 4.98 Å². The van der Waals surface area contributed by atoms with Crippen LogP contribution in [0.5, 0.6) is 0 Å². The molecule has 34 heavy (non-hydrogen) atoms. The molecule has 0 aliphatic carbocycles. The molecule has 2 saturated heterocycles. The summed E-state index contributed by atoms with van der Waals surface area (Å²) in [4.78, 5) is 30.5. The highest BCUT2D eigenvalue weighted by molar-refractivity contribution is 7.09. The van der Waals surface area contributed by atoms with Crippen molar-refractivity contribution in [3.05, 3.63) is 21.7 Å². The first-order valence-corrected chi connectivity index (χ1v) is 13.1. The molecule has 0 spiro atoms. The number of aliphatic hydroxyl groups excluding tert-OH is 2. The first-order chi connectivity index (χ1) is 15.9. The van der Waals surface area contributed by atoms with Crippen LogP contribution in [0.2, 0.25) is 0 Å². The van der Waals surface area contributed by atoms with Gasteiger partial charge >= 0.3 is 5.97 Å². The topological polar surface area (TPSA) is 109 Å². The van der Waals surface area contributed by atoms with E-state index in [9.17, 15) is 19.8 Å². The van der Waals surface area contributed by atoms with Crippen LogP contribution in [-0.2, 0) is 19.1 Å². The highest BCUT2D eigenvalue weighted by Crippen LogP contribution is 2.36. The number of thiazole rings is 1. The predicted octanol–water partition coefficient (Wildman–Crippen LogP) is 4.09. The van der Waals surface area contributed by atoms with Crippen LogP contribution in [0.1, 0.15) is 77.4 Å². The van der Waals surface area contributed by atoms with Crippen LogP contribution in [0.15, 0.2) is 11.0 Å². The number of hydrogen-bond acceptors (Lipinski definition) is 8. The molecule has 1 aromatic rings. The van der Waals surface area contributed by atoms with Crippen LogP contribution >= 0.6 is 11.3 Å². The number of ketones is 1. The Morgan fingerprint density at radius 1 is 1.21 bits per heavy atom. The van der Waals surface area contributed by atoms with E-state index in [-0.39, 0.29) is 30.3 Å². The summed E-state index contributed by atoms with van der Waals surface area (Å²) in [6, 6.07) is 0. The molecule has 7 atom stereocenters. The van der Waals surface area contributed by atoms with Crippen molar-refractivity contribution in [3.8, 4) is 0 Å². The van der Waals surface area contributed by atoms with Gasteiger partial charge in [-0.15, -0.1) is 11.3 Å². The number of cyclic esters (lactones) is 1. The van der Waals surface area contributed by atoms with Gasteiger partial charge in [0.15, 0.2) is 0 Å². The second-order valence-corrected chi connectivity index (χ2v) is 11.7. The zero-order chi connectivity index (χ0) is 25.2. The lowest BCUT2D eigenvalue weighted by molar-refractivity contribution is -0.154. The van der Waals surface area contributed by atoms with Gasteiger partial charge in [-0.2, -0.15) is 0 Å². The van der Waals surface area contributed by atoms with Gasteiger partial charge in [0.1, 0.15) is 11.9 Å². The highest BCUT2D eigenvalue weighted by Gasteiger charge is 2.44. The number of hydrogen-bond donors (Lipinski definition) is 2. The lowest BCUT2D eigenvalue weighted by Crippen LogP contribution is -2.45. The van der Waals surface area contributed by atoms with E-state index in [0.717, 1.165) is 35.5 Å². The first-order valence-electron chi connectivity index (χ1n) is 12.3. The van der Waals surface area contributed by atoms with Crippen molar-refractivity contribution in [2.75, 3.05) is 0 Å². The SMILES string of the molecule is C/C(=C\c1csc(C)n1)[C@@H]1CC2O[C@@H]2CCC[C@H](C)[C@H](O)[C@@H](C)C(=O)C(C)(C)[C@@H](O)CC(=O)O1. The number of aromatic nitrogens is 1. The van der Waals surface area contributed by atoms with Crippen molar-refractivity contribution in [3.63, 3.8) is 0 Å². The number of esters is 1. The number of carbonyl (C=O) groups excluding carboxylic acids is 2. The number of aliphatic hydroxyl groups is 2. The van der Waals surface area contributed by atoms with Crippen molar-refractivity contribution in [1.29, 1.82) is 0 Å². The zero-order valence-corrected chi connectivity index (χ0v) is 21.9. The van der Waals surface area contributed by atoms with Crippen LogP contribution in [0.4, 0.5) is 0 Å². The summed E-state index contributed by atoms with van der Waals surface area (Å²) >= 11 is 1.56. The molecule has 8 heteroatoms. The van der Waals surface area contributed by atoms with Crippen LogP contribution in [0.25, 0.3) is 6.08 Å². The molecule has 2 aliphatic rings. The Kier molecular flexibility index (Phi) is 8.71. The molecule has 1 aromatic heterocycles. The van der Waals surface area contributed by atoms with E-state index < -0.39 is 35.6 Å². The summed E-state index contributed by atoms with van der Waals surface area (Å²) in [6.45, 7) is 10.8. The van der Waals surface area contributed by atoms with Crippen LogP contribution < -0.4 is 0 Å². The molecule has 2 fully saturated rings. The Labute approximate surface area is 206 Å². The van der Waals surface area contributed by atoms with Crippen LogP contribution in [0.3, 0.4) is 0 Å². The first kappa shape index (κ1) is 27.0. The number of carbonyl (C=O) groups is 2. The second-order valence-electron chi connectivity index (χ2n) is 10.6. The minimum atomic E-state index is -1.22. The molecule has 0 bridgehead atoms. The smallest absolute Gasteiger partial charge is 0.309 e. The zero-order valence-electron chi connectivity index (χ0n) is 21.1. The Hall–Kier alpha value is -1.61. The molecule has 190 valence electrons. The minimum Gasteiger partial charge on any atom is -0.458 e. The Morgan fingerprint density at radius 2 is 1.91 bits per heavy atom. The highest BCUT2D eigenvalue weighted by atomic mass is 32.1. The van der Waals surface area contributed by atoms with Gasteiger partial charge in [-0.1, -0.05) is 34.1 Å². The molecule has 0 aromatic carbocycles. The molecule has 0 amide bonds. The van der Waals surface area contributed by atoms with Crippen molar-refractivity contribution >= 4 is 29.2 Å². The molecular weight excluding hydrogens is 454 g/mol. The Morgan fingerprint density at radius 3 is 2.56 bits per heavy atom. The summed E-state index contributed by atoms with van der Waals surface area (Å²) in [5.74, 6) is -1.52. The fourth-order valence-corrected chi connectivity index (χ4v) is 5.35. The number of ether oxygens (including phenoxy) is 2. The maximum absolute atomic E-state index is 13.2. The Bertz CT molecular complexity index is 909. The van der Waals surface area contributed by atoms with E-state index in [0.29, 0.717) is 6.42 Å². The van der Waals surface area contributed by atoms with E-state index in [4.69, 9.17) is 9.47 Å². The summed E-state index contributed by atoms with van der Waals surface area (Å²) in [5.41, 5.74) is 0.494. The molecule has 0 radical (unpaired) electrons. The fraction of sp³-hybridized carbons (Fsp3) is 0.731. The average Bonchev–Trinajstić information content (AvgIpc) is 3.38. The summed E-state index contributed by atoms with van der Waals surface area (Å²) in [5, 5.41) is 24.5. The summed E-state index contributed by atoms with van der Waals surface area (Å²) in [6.07, 6.45) is 2.28. The maximum Gasteiger partial charge on any atom is 0.309 e. The van der Waals surface area contributed by atoms with Gasteiger partial charge in [0.2, 0.25) is 0 Å². The molecule has 2 N–H and O–H groups in total. The van der Waals surface area contributed by atoms with Gasteiger partial charge in [-0.25, -0.2) is 4.98 Å². The van der Waals surface area contributed by atoms with Crippen molar-refractivity contribution in [2.24, 2.45) is 17.3 Å². The Balaban J connectivity index is 1.81. The lowest BCUT2D eigenvalue weighted by atomic mass is 9.73.